The summed E-state index contributed by atoms with van der Waals surface area (Å²) in [7, 11) is 0. The average Bonchev–Trinajstić information content (AvgIpc) is 2.14. The lowest BCUT2D eigenvalue weighted by atomic mass is 10.0. The zero-order valence-corrected chi connectivity index (χ0v) is 11.0. The van der Waals surface area contributed by atoms with Crippen LogP contribution in [0.3, 0.4) is 0 Å². The second-order valence-corrected chi connectivity index (χ2v) is 4.33. The van der Waals surface area contributed by atoms with Gasteiger partial charge in [0.1, 0.15) is 5.82 Å². The van der Waals surface area contributed by atoms with E-state index in [0.29, 0.717) is 0 Å². The second kappa shape index (κ2) is 6.96. The Labute approximate surface area is 99.8 Å². The molecule has 0 spiro atoms. The van der Waals surface area contributed by atoms with Gasteiger partial charge in [0.25, 0.3) is 0 Å². The van der Waals surface area contributed by atoms with Crippen LogP contribution in [0.1, 0.15) is 37.8 Å². The van der Waals surface area contributed by atoms with Gasteiger partial charge in [-0.3, -0.25) is 0 Å². The Morgan fingerprint density at radius 2 is 1.47 bits per heavy atom. The lowest BCUT2D eigenvalue weighted by Gasteiger charge is -2.09. The first-order valence-electron chi connectivity index (χ1n) is 5.15. The van der Waals surface area contributed by atoms with Gasteiger partial charge in [-0.2, -0.15) is 0 Å². The molecule has 1 aromatic carbocycles. The van der Waals surface area contributed by atoms with Gasteiger partial charge >= 0.3 is 0 Å². The summed E-state index contributed by atoms with van der Waals surface area (Å²) in [6.07, 6.45) is 3.98. The maximum atomic E-state index is 13.2. The Balaban J connectivity index is 0.00000196. The summed E-state index contributed by atoms with van der Waals surface area (Å²) in [5, 5.41) is 0. The van der Waals surface area contributed by atoms with E-state index in [1.807, 2.05) is 0 Å². The number of halogens is 2. The average molecular weight is 276 g/mol. The number of hydrogen-bond donors (Lipinski definition) is 1. The van der Waals surface area contributed by atoms with Crippen molar-refractivity contribution in [2.75, 3.05) is 0 Å². The van der Waals surface area contributed by atoms with Gasteiger partial charge in [-0.05, 0) is 36.1 Å². The molecule has 15 heavy (non-hydrogen) atoms. The van der Waals surface area contributed by atoms with Crippen molar-refractivity contribution in [3.63, 3.8) is 0 Å². The molecule has 0 heterocycles. The zero-order chi connectivity index (χ0) is 10.6. The molecule has 3 N–H and O–H groups in total. The van der Waals surface area contributed by atoms with E-state index in [1.54, 1.807) is 12.1 Å². The first-order chi connectivity index (χ1) is 6.69. The molecule has 1 aromatic rings. The van der Waals surface area contributed by atoms with Crippen molar-refractivity contribution in [3.05, 3.63) is 33.5 Å². The highest BCUT2D eigenvalue weighted by molar-refractivity contribution is 9.10. The highest BCUT2D eigenvalue weighted by Crippen LogP contribution is 2.25. The van der Waals surface area contributed by atoms with Gasteiger partial charge in [-0.15, -0.1) is 0 Å². The predicted octanol–water partition coefficient (Wildman–Crippen LogP) is 4.66. The van der Waals surface area contributed by atoms with Crippen LogP contribution < -0.4 is 6.15 Å². The molecule has 1 nitrogen and oxygen atoms in total. The normalized spacial score (nSPS) is 9.87. The van der Waals surface area contributed by atoms with E-state index in [4.69, 9.17) is 0 Å². The van der Waals surface area contributed by atoms with Gasteiger partial charge in [0.15, 0.2) is 0 Å². The summed E-state index contributed by atoms with van der Waals surface area (Å²) in [5.41, 5.74) is 2.19. The topological polar surface area (TPSA) is 35.0 Å². The third kappa shape index (κ3) is 3.92. The van der Waals surface area contributed by atoms with Crippen molar-refractivity contribution in [2.24, 2.45) is 0 Å². The molecule has 0 aliphatic rings. The van der Waals surface area contributed by atoms with Crippen LogP contribution in [0.5, 0.6) is 0 Å². The molecular formula is C12H19BrFN. The third-order valence-electron chi connectivity index (χ3n) is 2.23. The Kier molecular flexibility index (Phi) is 6.77. The molecule has 0 aliphatic carbocycles. The summed E-state index contributed by atoms with van der Waals surface area (Å²) >= 11 is 3.55. The molecule has 3 heteroatoms. The van der Waals surface area contributed by atoms with Crippen LogP contribution in [0.25, 0.3) is 0 Å². The van der Waals surface area contributed by atoms with Gasteiger partial charge in [-0.25, -0.2) is 4.39 Å². The molecular weight excluding hydrogens is 257 g/mol. The minimum atomic E-state index is -0.111. The van der Waals surface area contributed by atoms with Crippen LogP contribution in [-0.2, 0) is 12.8 Å². The van der Waals surface area contributed by atoms with Crippen LogP contribution in [0.2, 0.25) is 0 Å². The fourth-order valence-corrected chi connectivity index (χ4v) is 2.24. The molecule has 0 saturated carbocycles. The molecule has 0 aliphatic heterocycles. The number of rotatable bonds is 4. The van der Waals surface area contributed by atoms with Gasteiger partial charge in [0, 0.05) is 4.47 Å². The van der Waals surface area contributed by atoms with Crippen LogP contribution >= 0.6 is 15.9 Å². The largest absolute Gasteiger partial charge is 0.344 e. The van der Waals surface area contributed by atoms with E-state index < -0.39 is 0 Å². The van der Waals surface area contributed by atoms with E-state index >= 15 is 0 Å². The molecule has 0 fully saturated rings. The van der Waals surface area contributed by atoms with Crippen LogP contribution in [0.4, 0.5) is 4.39 Å². The summed E-state index contributed by atoms with van der Waals surface area (Å²) < 4.78 is 14.3. The Morgan fingerprint density at radius 3 is 1.80 bits per heavy atom. The lowest BCUT2D eigenvalue weighted by Crippen LogP contribution is -1.94. The van der Waals surface area contributed by atoms with Crippen molar-refractivity contribution < 1.29 is 4.39 Å². The van der Waals surface area contributed by atoms with Crippen molar-refractivity contribution in [2.45, 2.75) is 39.5 Å². The van der Waals surface area contributed by atoms with Gasteiger partial charge in [0.2, 0.25) is 0 Å². The fraction of sp³-hybridized carbons (Fsp3) is 0.500. The molecule has 0 unspecified atom stereocenters. The first-order valence-corrected chi connectivity index (χ1v) is 5.95. The molecule has 1 rings (SSSR count). The third-order valence-corrected chi connectivity index (χ3v) is 3.25. The summed E-state index contributed by atoms with van der Waals surface area (Å²) in [6.45, 7) is 4.22. The SMILES string of the molecule is CCCc1cc(F)cc(CCC)c1Br.N. The van der Waals surface area contributed by atoms with Crippen molar-refractivity contribution in [3.8, 4) is 0 Å². The quantitative estimate of drug-likeness (QED) is 0.853. The summed E-state index contributed by atoms with van der Waals surface area (Å²) in [5.74, 6) is -0.111. The molecule has 0 aromatic heterocycles. The minimum absolute atomic E-state index is 0. The van der Waals surface area contributed by atoms with Crippen LogP contribution in [-0.4, -0.2) is 0 Å². The van der Waals surface area contributed by atoms with Crippen molar-refractivity contribution in [1.29, 1.82) is 0 Å². The van der Waals surface area contributed by atoms with Gasteiger partial charge in [0.05, 0.1) is 0 Å². The lowest BCUT2D eigenvalue weighted by molar-refractivity contribution is 0.621. The number of benzene rings is 1. The van der Waals surface area contributed by atoms with Crippen LogP contribution in [0, 0.1) is 5.82 Å². The maximum absolute atomic E-state index is 13.2. The zero-order valence-electron chi connectivity index (χ0n) is 9.45. The molecule has 0 atom stereocenters. The molecule has 0 amide bonds. The highest BCUT2D eigenvalue weighted by atomic mass is 79.9. The van der Waals surface area contributed by atoms with E-state index in [0.717, 1.165) is 41.3 Å². The van der Waals surface area contributed by atoms with Crippen LogP contribution in [0.15, 0.2) is 16.6 Å². The standard InChI is InChI=1S/C12H16BrF.H3N/c1-3-5-9-7-11(14)8-10(6-4-2)12(9)13;/h7-8H,3-6H2,1-2H3;1H3. The Bertz CT molecular complexity index is 285. The minimum Gasteiger partial charge on any atom is -0.344 e. The van der Waals surface area contributed by atoms with Crippen molar-refractivity contribution >= 4 is 15.9 Å². The monoisotopic (exact) mass is 275 g/mol. The smallest absolute Gasteiger partial charge is 0.123 e. The number of hydrogen-bond acceptors (Lipinski definition) is 1. The first kappa shape index (κ1) is 14.6. The predicted molar refractivity (Wildman–Crippen MR) is 67.1 cm³/mol. The highest BCUT2D eigenvalue weighted by Gasteiger charge is 2.07. The Hall–Kier alpha value is -0.410. The fourth-order valence-electron chi connectivity index (χ4n) is 1.61. The van der Waals surface area contributed by atoms with E-state index in [2.05, 4.69) is 29.8 Å². The van der Waals surface area contributed by atoms with E-state index in [1.165, 1.54) is 0 Å². The van der Waals surface area contributed by atoms with E-state index in [-0.39, 0.29) is 12.0 Å². The summed E-state index contributed by atoms with van der Waals surface area (Å²) in [6, 6.07) is 3.26. The Morgan fingerprint density at radius 1 is 1.07 bits per heavy atom. The molecule has 86 valence electrons. The molecule has 0 saturated heterocycles. The number of aryl methyl sites for hydroxylation is 2. The van der Waals surface area contributed by atoms with Crippen molar-refractivity contribution in [1.82, 2.24) is 6.15 Å². The second-order valence-electron chi connectivity index (χ2n) is 3.54. The van der Waals surface area contributed by atoms with Gasteiger partial charge < -0.3 is 6.15 Å². The van der Waals surface area contributed by atoms with E-state index in [9.17, 15) is 4.39 Å². The summed E-state index contributed by atoms with van der Waals surface area (Å²) in [4.78, 5) is 0. The molecule has 0 bridgehead atoms. The van der Waals surface area contributed by atoms with Gasteiger partial charge in [-0.1, -0.05) is 42.6 Å². The molecule has 0 radical (unpaired) electrons. The maximum Gasteiger partial charge on any atom is 0.123 e.